The van der Waals surface area contributed by atoms with Gasteiger partial charge in [-0.2, -0.15) is 0 Å². The number of carbonyl (C=O) groups excluding carboxylic acids is 1. The van der Waals surface area contributed by atoms with Gasteiger partial charge in [-0.25, -0.2) is 0 Å². The van der Waals surface area contributed by atoms with Gasteiger partial charge in [0.25, 0.3) is 11.6 Å². The summed E-state index contributed by atoms with van der Waals surface area (Å²) in [5, 5.41) is 10.9. The van der Waals surface area contributed by atoms with Crippen LogP contribution in [0.2, 0.25) is 0 Å². The summed E-state index contributed by atoms with van der Waals surface area (Å²) < 4.78 is 0. The summed E-state index contributed by atoms with van der Waals surface area (Å²) in [5.74, 6) is 5.01. The first-order chi connectivity index (χ1) is 9.04. The van der Waals surface area contributed by atoms with Gasteiger partial charge in [0.2, 0.25) is 0 Å². The number of nitro benzene ring substituents is 1. The molecule has 0 unspecified atom stereocenters. The average Bonchev–Trinajstić information content (AvgIpc) is 2.34. The number of nitrogen functional groups attached to an aromatic ring is 1. The molecule has 0 heterocycles. The largest absolute Gasteiger partial charge is 0.339 e. The monoisotopic (exact) mass is 264 g/mol. The summed E-state index contributed by atoms with van der Waals surface area (Å²) in [6.07, 6.45) is 3.11. The Labute approximate surface area is 110 Å². The van der Waals surface area contributed by atoms with Crippen LogP contribution in [0.3, 0.4) is 0 Å². The van der Waals surface area contributed by atoms with Crippen LogP contribution in [0.15, 0.2) is 18.2 Å². The summed E-state index contributed by atoms with van der Waals surface area (Å²) in [7, 11) is 1.73. The first kappa shape index (κ1) is 13.3. The van der Waals surface area contributed by atoms with Gasteiger partial charge in [0.15, 0.2) is 0 Å². The summed E-state index contributed by atoms with van der Waals surface area (Å²) in [6.45, 7) is 0. The highest BCUT2D eigenvalue weighted by molar-refractivity contribution is 5.95. The second-order valence-electron chi connectivity index (χ2n) is 4.63. The highest BCUT2D eigenvalue weighted by Gasteiger charge is 2.27. The summed E-state index contributed by atoms with van der Waals surface area (Å²) in [4.78, 5) is 24.2. The average molecular weight is 264 g/mol. The van der Waals surface area contributed by atoms with Crippen molar-refractivity contribution >= 4 is 17.3 Å². The number of benzene rings is 1. The highest BCUT2D eigenvalue weighted by Crippen LogP contribution is 2.28. The van der Waals surface area contributed by atoms with Crippen molar-refractivity contribution < 1.29 is 9.72 Å². The molecule has 0 spiro atoms. The number of nitrogens with two attached hydrogens (primary N) is 1. The molecule has 19 heavy (non-hydrogen) atoms. The van der Waals surface area contributed by atoms with E-state index in [0.717, 1.165) is 19.3 Å². The Morgan fingerprint density at radius 1 is 1.53 bits per heavy atom. The number of hydrazine groups is 1. The number of nitrogens with one attached hydrogen (secondary N) is 1. The number of rotatable bonds is 4. The van der Waals surface area contributed by atoms with Crippen LogP contribution in [0.5, 0.6) is 0 Å². The molecule has 0 aromatic heterocycles. The minimum Gasteiger partial charge on any atom is -0.339 e. The number of hydrogen-bond donors (Lipinski definition) is 2. The van der Waals surface area contributed by atoms with Gasteiger partial charge in [-0.15, -0.1) is 0 Å². The van der Waals surface area contributed by atoms with Crippen LogP contribution in [-0.4, -0.2) is 28.8 Å². The number of nitro groups is 1. The Morgan fingerprint density at radius 2 is 2.21 bits per heavy atom. The van der Waals surface area contributed by atoms with E-state index in [2.05, 4.69) is 5.43 Å². The molecule has 1 saturated carbocycles. The first-order valence-corrected chi connectivity index (χ1v) is 6.07. The summed E-state index contributed by atoms with van der Waals surface area (Å²) in [5.41, 5.74) is 2.55. The fourth-order valence-corrected chi connectivity index (χ4v) is 2.08. The van der Waals surface area contributed by atoms with E-state index in [1.165, 1.54) is 12.1 Å². The van der Waals surface area contributed by atoms with Gasteiger partial charge in [-0.1, -0.05) is 0 Å². The van der Waals surface area contributed by atoms with E-state index in [1.54, 1.807) is 18.0 Å². The van der Waals surface area contributed by atoms with E-state index in [-0.39, 0.29) is 23.3 Å². The second-order valence-corrected chi connectivity index (χ2v) is 4.63. The number of anilines is 1. The molecule has 7 heteroatoms. The van der Waals surface area contributed by atoms with E-state index in [1.807, 2.05) is 0 Å². The fraction of sp³-hybridized carbons (Fsp3) is 0.417. The molecule has 7 nitrogen and oxygen atoms in total. The minimum atomic E-state index is -0.560. The molecule has 102 valence electrons. The number of amides is 1. The molecule has 0 aliphatic heterocycles. The molecular formula is C12H16N4O3. The lowest BCUT2D eigenvalue weighted by molar-refractivity contribution is -0.384. The molecule has 0 saturated heterocycles. The van der Waals surface area contributed by atoms with Crippen LogP contribution in [0.25, 0.3) is 0 Å². The highest BCUT2D eigenvalue weighted by atomic mass is 16.6. The van der Waals surface area contributed by atoms with E-state index in [9.17, 15) is 14.9 Å². The minimum absolute atomic E-state index is 0.188. The van der Waals surface area contributed by atoms with Crippen LogP contribution < -0.4 is 11.3 Å². The Morgan fingerprint density at radius 3 is 2.68 bits per heavy atom. The van der Waals surface area contributed by atoms with Gasteiger partial charge < -0.3 is 10.3 Å². The lowest BCUT2D eigenvalue weighted by Crippen LogP contribution is -2.41. The topological polar surface area (TPSA) is 102 Å². The maximum absolute atomic E-state index is 12.2. The maximum atomic E-state index is 12.2. The quantitative estimate of drug-likeness (QED) is 0.487. The van der Waals surface area contributed by atoms with Crippen molar-refractivity contribution in [2.45, 2.75) is 25.3 Å². The van der Waals surface area contributed by atoms with E-state index >= 15 is 0 Å². The lowest BCUT2D eigenvalue weighted by atomic mass is 9.91. The normalized spacial score (nSPS) is 14.6. The Balaban J connectivity index is 2.26. The molecule has 0 atom stereocenters. The molecule has 1 aliphatic rings. The zero-order valence-corrected chi connectivity index (χ0v) is 10.6. The number of nitrogens with zero attached hydrogens (tertiary/aromatic N) is 2. The number of hydrogen-bond acceptors (Lipinski definition) is 5. The van der Waals surface area contributed by atoms with Crippen molar-refractivity contribution in [1.82, 2.24) is 4.90 Å². The van der Waals surface area contributed by atoms with Gasteiger partial charge in [0.05, 0.1) is 4.92 Å². The van der Waals surface area contributed by atoms with Crippen LogP contribution in [-0.2, 0) is 0 Å². The maximum Gasteiger partial charge on any atom is 0.294 e. The second kappa shape index (κ2) is 5.23. The Kier molecular flexibility index (Phi) is 3.66. The standard InChI is InChI=1S/C12H16N4O3/c1-15(9-3-2-4-9)12(17)8-5-6-10(14-13)11(7-8)16(18)19/h5-7,9,14H,2-4,13H2,1H3. The lowest BCUT2D eigenvalue weighted by Gasteiger charge is -2.34. The zero-order valence-electron chi connectivity index (χ0n) is 10.6. The predicted molar refractivity (Wildman–Crippen MR) is 70.6 cm³/mol. The summed E-state index contributed by atoms with van der Waals surface area (Å²) in [6, 6.07) is 4.49. The van der Waals surface area contributed by atoms with Crippen molar-refractivity contribution in [3.63, 3.8) is 0 Å². The van der Waals surface area contributed by atoms with E-state index in [0.29, 0.717) is 5.56 Å². The number of carbonyl (C=O) groups is 1. The molecule has 1 fully saturated rings. The third-order valence-corrected chi connectivity index (χ3v) is 3.54. The molecule has 1 amide bonds. The van der Waals surface area contributed by atoms with Gasteiger partial charge in [0.1, 0.15) is 5.69 Å². The van der Waals surface area contributed by atoms with Crippen molar-refractivity contribution in [3.8, 4) is 0 Å². The molecule has 0 bridgehead atoms. The van der Waals surface area contributed by atoms with Crippen molar-refractivity contribution in [3.05, 3.63) is 33.9 Å². The molecule has 3 N–H and O–H groups in total. The van der Waals surface area contributed by atoms with Crippen molar-refractivity contribution in [2.24, 2.45) is 5.84 Å². The fourth-order valence-electron chi connectivity index (χ4n) is 2.08. The Bertz CT molecular complexity index is 514. The molecule has 0 radical (unpaired) electrons. The van der Waals surface area contributed by atoms with Crippen LogP contribution >= 0.6 is 0 Å². The van der Waals surface area contributed by atoms with Crippen molar-refractivity contribution in [1.29, 1.82) is 0 Å². The third kappa shape index (κ3) is 2.50. The molecule has 1 aliphatic carbocycles. The third-order valence-electron chi connectivity index (χ3n) is 3.54. The van der Waals surface area contributed by atoms with Crippen molar-refractivity contribution in [2.75, 3.05) is 12.5 Å². The SMILES string of the molecule is CN(C(=O)c1ccc(NN)c([N+](=O)[O-])c1)C1CCC1. The zero-order chi connectivity index (χ0) is 14.0. The molecule has 2 rings (SSSR count). The molecule has 1 aromatic carbocycles. The van der Waals surface area contributed by atoms with Crippen LogP contribution in [0.4, 0.5) is 11.4 Å². The van der Waals surface area contributed by atoms with Gasteiger partial charge >= 0.3 is 0 Å². The Hall–Kier alpha value is -2.15. The van der Waals surface area contributed by atoms with Crippen LogP contribution in [0.1, 0.15) is 29.6 Å². The van der Waals surface area contributed by atoms with E-state index < -0.39 is 4.92 Å². The van der Waals surface area contributed by atoms with Gasteiger partial charge in [0, 0.05) is 24.7 Å². The summed E-state index contributed by atoms with van der Waals surface area (Å²) >= 11 is 0. The smallest absolute Gasteiger partial charge is 0.294 e. The van der Waals surface area contributed by atoms with Gasteiger partial charge in [-0.3, -0.25) is 20.8 Å². The first-order valence-electron chi connectivity index (χ1n) is 6.07. The molecular weight excluding hydrogens is 248 g/mol. The van der Waals surface area contributed by atoms with E-state index in [4.69, 9.17) is 5.84 Å². The predicted octanol–water partition coefficient (Wildman–Crippen LogP) is 1.50. The molecule has 1 aromatic rings. The van der Waals surface area contributed by atoms with Crippen LogP contribution in [0, 0.1) is 10.1 Å². The van der Waals surface area contributed by atoms with Gasteiger partial charge in [-0.05, 0) is 31.4 Å².